The maximum atomic E-state index is 4.54. The molecule has 1 saturated heterocycles. The van der Waals surface area contributed by atoms with E-state index < -0.39 is 0 Å². The van der Waals surface area contributed by atoms with Gasteiger partial charge in [0.15, 0.2) is 0 Å². The standard InChI is InChI=1S/C16H29N5/c1-19-10-11-20(2)15(12-19)13-21-9-8-17-16(21)18-14-6-4-3-5-7-14/h8-9,14-15H,3-7,10-13H2,1-2H3,(H,17,18). The van der Waals surface area contributed by atoms with Crippen molar-refractivity contribution in [3.05, 3.63) is 12.4 Å². The van der Waals surface area contributed by atoms with Crippen LogP contribution in [0.15, 0.2) is 12.4 Å². The van der Waals surface area contributed by atoms with E-state index >= 15 is 0 Å². The normalized spacial score (nSPS) is 26.1. The van der Waals surface area contributed by atoms with Crippen LogP contribution < -0.4 is 5.32 Å². The van der Waals surface area contributed by atoms with Gasteiger partial charge in [-0.05, 0) is 26.9 Å². The van der Waals surface area contributed by atoms with Crippen LogP contribution in [0.4, 0.5) is 5.95 Å². The number of hydrogen-bond donors (Lipinski definition) is 1. The second-order valence-corrected chi connectivity index (χ2v) is 6.78. The maximum Gasteiger partial charge on any atom is 0.203 e. The summed E-state index contributed by atoms with van der Waals surface area (Å²) in [5.41, 5.74) is 0. The third kappa shape index (κ3) is 3.77. The summed E-state index contributed by atoms with van der Waals surface area (Å²) in [4.78, 5) is 9.44. The number of anilines is 1. The lowest BCUT2D eigenvalue weighted by Gasteiger charge is -2.38. The fraction of sp³-hybridized carbons (Fsp3) is 0.812. The first kappa shape index (κ1) is 14.9. The predicted molar refractivity (Wildman–Crippen MR) is 86.6 cm³/mol. The molecule has 5 nitrogen and oxygen atoms in total. The molecule has 5 heteroatoms. The Kier molecular flexibility index (Phi) is 4.80. The molecular weight excluding hydrogens is 262 g/mol. The Balaban J connectivity index is 1.61. The summed E-state index contributed by atoms with van der Waals surface area (Å²) in [5.74, 6) is 1.06. The smallest absolute Gasteiger partial charge is 0.203 e. The summed E-state index contributed by atoms with van der Waals surface area (Å²) in [5, 5.41) is 3.66. The Morgan fingerprint density at radius 1 is 1.19 bits per heavy atom. The molecule has 3 rings (SSSR count). The van der Waals surface area contributed by atoms with Crippen molar-refractivity contribution in [1.29, 1.82) is 0 Å². The van der Waals surface area contributed by atoms with Crippen molar-refractivity contribution < 1.29 is 0 Å². The first-order valence-electron chi connectivity index (χ1n) is 8.39. The SMILES string of the molecule is CN1CCN(C)C(Cn2ccnc2NC2CCCCC2)C1. The van der Waals surface area contributed by atoms with E-state index in [1.165, 1.54) is 38.6 Å². The summed E-state index contributed by atoms with van der Waals surface area (Å²) in [6.45, 7) is 4.48. The summed E-state index contributed by atoms with van der Waals surface area (Å²) in [7, 11) is 4.46. The Hall–Kier alpha value is -1.07. The largest absolute Gasteiger partial charge is 0.353 e. The fourth-order valence-corrected chi connectivity index (χ4v) is 3.55. The van der Waals surface area contributed by atoms with E-state index in [-0.39, 0.29) is 0 Å². The van der Waals surface area contributed by atoms with E-state index in [4.69, 9.17) is 0 Å². The van der Waals surface area contributed by atoms with Gasteiger partial charge in [-0.3, -0.25) is 4.90 Å². The lowest BCUT2D eigenvalue weighted by Crippen LogP contribution is -2.51. The molecule has 1 aliphatic heterocycles. The summed E-state index contributed by atoms with van der Waals surface area (Å²) in [6, 6.07) is 1.19. The zero-order valence-electron chi connectivity index (χ0n) is 13.5. The van der Waals surface area contributed by atoms with Gasteiger partial charge in [-0.15, -0.1) is 0 Å². The lowest BCUT2D eigenvalue weighted by molar-refractivity contribution is 0.103. The van der Waals surface area contributed by atoms with Gasteiger partial charge in [0.2, 0.25) is 5.95 Å². The first-order valence-corrected chi connectivity index (χ1v) is 8.39. The number of hydrogen-bond acceptors (Lipinski definition) is 4. The number of piperazine rings is 1. The van der Waals surface area contributed by atoms with Crippen LogP contribution in [0.5, 0.6) is 0 Å². The molecule has 0 spiro atoms. The molecule has 2 aliphatic rings. The van der Waals surface area contributed by atoms with Crippen molar-refractivity contribution in [2.24, 2.45) is 0 Å². The van der Waals surface area contributed by atoms with Crippen molar-refractivity contribution in [1.82, 2.24) is 19.4 Å². The predicted octanol–water partition coefficient (Wildman–Crippen LogP) is 1.87. The number of nitrogens with one attached hydrogen (secondary N) is 1. The zero-order chi connectivity index (χ0) is 14.7. The molecule has 1 N–H and O–H groups in total. The van der Waals surface area contributed by atoms with Gasteiger partial charge in [0.25, 0.3) is 0 Å². The molecule has 2 fully saturated rings. The zero-order valence-corrected chi connectivity index (χ0v) is 13.5. The number of nitrogens with zero attached hydrogens (tertiary/aromatic N) is 4. The minimum Gasteiger partial charge on any atom is -0.353 e. The third-order valence-electron chi connectivity index (χ3n) is 5.04. The highest BCUT2D eigenvalue weighted by Crippen LogP contribution is 2.21. The number of imidazole rings is 1. The van der Waals surface area contributed by atoms with E-state index in [1.54, 1.807) is 0 Å². The van der Waals surface area contributed by atoms with E-state index in [9.17, 15) is 0 Å². The molecule has 0 radical (unpaired) electrons. The van der Waals surface area contributed by atoms with Crippen molar-refractivity contribution in [2.75, 3.05) is 39.0 Å². The van der Waals surface area contributed by atoms with Crippen molar-refractivity contribution in [2.45, 2.75) is 50.7 Å². The van der Waals surface area contributed by atoms with Gasteiger partial charge in [0.05, 0.1) is 0 Å². The third-order valence-corrected chi connectivity index (χ3v) is 5.04. The van der Waals surface area contributed by atoms with Crippen LogP contribution in [-0.2, 0) is 6.54 Å². The second-order valence-electron chi connectivity index (χ2n) is 6.78. The number of aromatic nitrogens is 2. The van der Waals surface area contributed by atoms with Crippen LogP contribution in [0.1, 0.15) is 32.1 Å². The Bertz CT molecular complexity index is 438. The highest BCUT2D eigenvalue weighted by atomic mass is 15.3. The van der Waals surface area contributed by atoms with E-state index in [1.807, 2.05) is 6.20 Å². The molecule has 0 aromatic carbocycles. The van der Waals surface area contributed by atoms with Crippen LogP contribution in [0, 0.1) is 0 Å². The van der Waals surface area contributed by atoms with E-state index in [2.05, 4.69) is 45.0 Å². The highest BCUT2D eigenvalue weighted by molar-refractivity contribution is 5.28. The lowest BCUT2D eigenvalue weighted by atomic mass is 9.96. The van der Waals surface area contributed by atoms with Crippen LogP contribution in [0.3, 0.4) is 0 Å². The summed E-state index contributed by atoms with van der Waals surface area (Å²) < 4.78 is 2.30. The van der Waals surface area contributed by atoms with Crippen molar-refractivity contribution in [3.63, 3.8) is 0 Å². The molecule has 118 valence electrons. The molecule has 1 unspecified atom stereocenters. The molecular formula is C16H29N5. The van der Waals surface area contributed by atoms with E-state index in [0.29, 0.717) is 12.1 Å². The van der Waals surface area contributed by atoms with Crippen LogP contribution in [0.2, 0.25) is 0 Å². The summed E-state index contributed by atoms with van der Waals surface area (Å²) >= 11 is 0. The Morgan fingerprint density at radius 2 is 2.00 bits per heavy atom. The molecule has 21 heavy (non-hydrogen) atoms. The molecule has 1 saturated carbocycles. The molecule has 1 aromatic rings. The quantitative estimate of drug-likeness (QED) is 0.919. The molecule has 2 heterocycles. The average Bonchev–Trinajstić information content (AvgIpc) is 2.91. The molecule has 0 bridgehead atoms. The van der Waals surface area contributed by atoms with Crippen LogP contribution in [-0.4, -0.2) is 65.2 Å². The van der Waals surface area contributed by atoms with Gasteiger partial charge in [-0.1, -0.05) is 19.3 Å². The molecule has 1 atom stereocenters. The monoisotopic (exact) mass is 291 g/mol. The van der Waals surface area contributed by atoms with Gasteiger partial charge < -0.3 is 14.8 Å². The Morgan fingerprint density at radius 3 is 2.81 bits per heavy atom. The minimum atomic E-state index is 0.574. The van der Waals surface area contributed by atoms with Crippen LogP contribution in [0.25, 0.3) is 0 Å². The van der Waals surface area contributed by atoms with Crippen molar-refractivity contribution >= 4 is 5.95 Å². The molecule has 0 amide bonds. The van der Waals surface area contributed by atoms with E-state index in [0.717, 1.165) is 25.6 Å². The summed E-state index contributed by atoms with van der Waals surface area (Å²) in [6.07, 6.45) is 10.7. The first-order chi connectivity index (χ1) is 10.2. The maximum absolute atomic E-state index is 4.54. The molecule has 1 aliphatic carbocycles. The second kappa shape index (κ2) is 6.79. The fourth-order valence-electron chi connectivity index (χ4n) is 3.55. The number of rotatable bonds is 4. The van der Waals surface area contributed by atoms with Gasteiger partial charge in [0.1, 0.15) is 0 Å². The van der Waals surface area contributed by atoms with Crippen molar-refractivity contribution in [3.8, 4) is 0 Å². The highest BCUT2D eigenvalue weighted by Gasteiger charge is 2.23. The number of likely N-dealkylation sites (N-methyl/N-ethyl adjacent to an activating group) is 2. The molecule has 1 aromatic heterocycles. The topological polar surface area (TPSA) is 36.3 Å². The van der Waals surface area contributed by atoms with Gasteiger partial charge in [-0.2, -0.15) is 0 Å². The average molecular weight is 291 g/mol. The van der Waals surface area contributed by atoms with Gasteiger partial charge in [-0.25, -0.2) is 4.98 Å². The van der Waals surface area contributed by atoms with Gasteiger partial charge >= 0.3 is 0 Å². The Labute approximate surface area is 128 Å². The van der Waals surface area contributed by atoms with Crippen LogP contribution >= 0.6 is 0 Å². The minimum absolute atomic E-state index is 0.574. The van der Waals surface area contributed by atoms with Gasteiger partial charge in [0, 0.05) is 50.7 Å².